The summed E-state index contributed by atoms with van der Waals surface area (Å²) in [5.41, 5.74) is 0. The van der Waals surface area contributed by atoms with Crippen LogP contribution < -0.4 is 5.32 Å². The van der Waals surface area contributed by atoms with Crippen molar-refractivity contribution in [1.82, 2.24) is 5.32 Å². The zero-order valence-electron chi connectivity index (χ0n) is 15.0. The van der Waals surface area contributed by atoms with Crippen molar-refractivity contribution in [3.63, 3.8) is 0 Å². The second-order valence-electron chi connectivity index (χ2n) is 7.09. The molecule has 0 saturated carbocycles. The largest absolute Gasteiger partial charge is 0.480 e. The number of aliphatic hydroxyl groups is 7. The first-order chi connectivity index (χ1) is 13.7. The number of carboxylic acid groups (broad SMARTS) is 1. The predicted octanol–water partition coefficient (Wildman–Crippen LogP) is -5.27. The van der Waals surface area contributed by atoms with Crippen molar-refractivity contribution in [2.75, 3.05) is 19.0 Å². The lowest BCUT2D eigenvalue weighted by atomic mass is 9.94. The monoisotopic (exact) mass is 443 g/mol. The van der Waals surface area contributed by atoms with E-state index in [4.69, 9.17) is 14.2 Å². The van der Waals surface area contributed by atoms with Crippen LogP contribution in [0.1, 0.15) is 0 Å². The summed E-state index contributed by atoms with van der Waals surface area (Å²) in [5.74, 6) is -1.19. The van der Waals surface area contributed by atoms with Gasteiger partial charge in [-0.3, -0.25) is 10.1 Å². The molecule has 11 atom stereocenters. The van der Waals surface area contributed by atoms with Crippen molar-refractivity contribution in [3.05, 3.63) is 0 Å². The van der Waals surface area contributed by atoms with E-state index in [1.54, 1.807) is 0 Å². The molecule has 29 heavy (non-hydrogen) atoms. The van der Waals surface area contributed by atoms with Crippen LogP contribution in [0.4, 0.5) is 0 Å². The van der Waals surface area contributed by atoms with Crippen LogP contribution in [0.3, 0.4) is 0 Å². The van der Waals surface area contributed by atoms with E-state index < -0.39 is 85.4 Å². The molecule has 13 nitrogen and oxygen atoms in total. The molecular formula is C15H25NO12S. The van der Waals surface area contributed by atoms with Crippen LogP contribution in [-0.4, -0.2) is 132 Å². The highest BCUT2D eigenvalue weighted by atomic mass is 32.2. The molecule has 9 N–H and O–H groups in total. The molecule has 3 heterocycles. The summed E-state index contributed by atoms with van der Waals surface area (Å²) in [7, 11) is 0. The van der Waals surface area contributed by atoms with Gasteiger partial charge in [0.1, 0.15) is 53.6 Å². The number of hydrogen-bond donors (Lipinski definition) is 9. The second-order valence-corrected chi connectivity index (χ2v) is 8.39. The van der Waals surface area contributed by atoms with Gasteiger partial charge in [0.15, 0.2) is 12.6 Å². The molecule has 0 radical (unpaired) electrons. The Morgan fingerprint density at radius 3 is 2.14 bits per heavy atom. The summed E-state index contributed by atoms with van der Waals surface area (Å²) in [6.45, 7) is -1.39. The average molecular weight is 443 g/mol. The summed E-state index contributed by atoms with van der Waals surface area (Å²) < 4.78 is 16.0. The van der Waals surface area contributed by atoms with Crippen LogP contribution >= 0.6 is 11.8 Å². The lowest BCUT2D eigenvalue weighted by molar-refractivity contribution is -0.371. The Labute approximate surface area is 168 Å². The van der Waals surface area contributed by atoms with Gasteiger partial charge < -0.3 is 55.1 Å². The van der Waals surface area contributed by atoms with Gasteiger partial charge in [-0.15, -0.1) is 11.8 Å². The first kappa shape index (κ1) is 23.1. The minimum Gasteiger partial charge on any atom is -0.480 e. The maximum Gasteiger partial charge on any atom is 0.321 e. The second kappa shape index (κ2) is 8.86. The topological polar surface area (TPSA) is 219 Å². The third-order valence-corrected chi connectivity index (χ3v) is 6.86. The van der Waals surface area contributed by atoms with Crippen LogP contribution in [0.5, 0.6) is 0 Å². The van der Waals surface area contributed by atoms with E-state index in [1.807, 2.05) is 0 Å². The van der Waals surface area contributed by atoms with Crippen molar-refractivity contribution in [2.24, 2.45) is 0 Å². The third-order valence-electron chi connectivity index (χ3n) is 5.28. The van der Waals surface area contributed by atoms with Gasteiger partial charge in [0.05, 0.1) is 13.2 Å². The number of rotatable bonds is 5. The van der Waals surface area contributed by atoms with Gasteiger partial charge in [-0.2, -0.15) is 0 Å². The first-order valence-corrected chi connectivity index (χ1v) is 9.87. The van der Waals surface area contributed by atoms with Crippen LogP contribution in [0.25, 0.3) is 0 Å². The molecule has 3 saturated heterocycles. The molecule has 0 amide bonds. The number of aliphatic hydroxyl groups excluding tert-OH is 7. The van der Waals surface area contributed by atoms with Gasteiger partial charge >= 0.3 is 5.97 Å². The van der Waals surface area contributed by atoms with Crippen molar-refractivity contribution < 1.29 is 59.9 Å². The Morgan fingerprint density at radius 2 is 1.59 bits per heavy atom. The smallest absolute Gasteiger partial charge is 0.321 e. The van der Waals surface area contributed by atoms with Gasteiger partial charge in [0.25, 0.3) is 0 Å². The molecule has 3 aliphatic heterocycles. The van der Waals surface area contributed by atoms with E-state index in [9.17, 15) is 45.6 Å². The fourth-order valence-electron chi connectivity index (χ4n) is 3.59. The molecule has 168 valence electrons. The first-order valence-electron chi connectivity index (χ1n) is 8.89. The molecular weight excluding hydrogens is 418 g/mol. The molecule has 0 aromatic rings. The fourth-order valence-corrected chi connectivity index (χ4v) is 5.09. The van der Waals surface area contributed by atoms with E-state index in [-0.39, 0.29) is 5.75 Å². The fraction of sp³-hybridized carbons (Fsp3) is 0.933. The number of hydrogen-bond acceptors (Lipinski definition) is 13. The van der Waals surface area contributed by atoms with Gasteiger partial charge in [-0.1, -0.05) is 0 Å². The van der Waals surface area contributed by atoms with E-state index in [0.717, 1.165) is 11.8 Å². The van der Waals surface area contributed by atoms with E-state index in [0.29, 0.717) is 0 Å². The number of carboxylic acids is 1. The maximum absolute atomic E-state index is 11.3. The summed E-state index contributed by atoms with van der Waals surface area (Å²) in [6.07, 6.45) is -14.1. The minimum absolute atomic E-state index is 0.00830. The van der Waals surface area contributed by atoms with Gasteiger partial charge in [-0.25, -0.2) is 0 Å². The molecule has 0 aromatic heterocycles. The number of carbonyl (C=O) groups is 1. The molecule has 3 rings (SSSR count). The number of thioether (sulfide) groups is 1. The Hall–Kier alpha value is -0.620. The summed E-state index contributed by atoms with van der Waals surface area (Å²) in [4.78, 5) is 9.63. The van der Waals surface area contributed by atoms with E-state index in [1.165, 1.54) is 0 Å². The van der Waals surface area contributed by atoms with Crippen LogP contribution in [0, 0.1) is 0 Å². The van der Waals surface area contributed by atoms with Crippen molar-refractivity contribution in [1.29, 1.82) is 0 Å². The molecule has 1 spiro atoms. The van der Waals surface area contributed by atoms with Gasteiger partial charge in [-0.05, 0) is 0 Å². The minimum atomic E-state index is -1.77. The SMILES string of the molecule is O=C(O)[C@@H]1CS[C@@]2(N1)[C@@H](O)[C@H](O[C@H]1O[C@H](CO)[C@@H](O)[C@H](O)[C@@H]1O)O[C@H](CO)[C@@H]2O. The van der Waals surface area contributed by atoms with Gasteiger partial charge in [0, 0.05) is 5.75 Å². The normalized spacial score (nSPS) is 50.7. The lowest BCUT2D eigenvalue weighted by Gasteiger charge is -2.50. The molecule has 0 aliphatic carbocycles. The predicted molar refractivity (Wildman–Crippen MR) is 92.4 cm³/mol. The number of ether oxygens (including phenoxy) is 3. The van der Waals surface area contributed by atoms with Crippen LogP contribution in [-0.2, 0) is 19.0 Å². The molecule has 14 heteroatoms. The van der Waals surface area contributed by atoms with Crippen molar-refractivity contribution >= 4 is 17.7 Å². The van der Waals surface area contributed by atoms with Crippen LogP contribution in [0.15, 0.2) is 0 Å². The highest BCUT2D eigenvalue weighted by molar-refractivity contribution is 8.01. The van der Waals surface area contributed by atoms with Crippen LogP contribution in [0.2, 0.25) is 0 Å². The Balaban J connectivity index is 1.81. The molecule has 3 fully saturated rings. The summed E-state index contributed by atoms with van der Waals surface area (Å²) in [5, 5.41) is 81.8. The quantitative estimate of drug-likeness (QED) is 0.194. The van der Waals surface area contributed by atoms with Gasteiger partial charge in [0.2, 0.25) is 0 Å². The number of aliphatic carboxylic acids is 1. The summed E-state index contributed by atoms with van der Waals surface area (Å²) in [6, 6.07) is -1.09. The highest BCUT2D eigenvalue weighted by Gasteiger charge is 2.61. The van der Waals surface area contributed by atoms with Crippen molar-refractivity contribution in [3.8, 4) is 0 Å². The Morgan fingerprint density at radius 1 is 0.966 bits per heavy atom. The maximum atomic E-state index is 11.3. The highest BCUT2D eigenvalue weighted by Crippen LogP contribution is 2.44. The van der Waals surface area contributed by atoms with Crippen molar-refractivity contribution in [2.45, 2.75) is 66.2 Å². The molecule has 0 unspecified atom stereocenters. The zero-order valence-corrected chi connectivity index (χ0v) is 15.8. The third kappa shape index (κ3) is 4.00. The number of nitrogens with one attached hydrogen (secondary N) is 1. The standard InChI is InChI=1S/C15H25NO12S/c17-1-5-7(19)8(20)9(21)13(26-5)28-14-11(23)15(10(22)6(2-18)27-14)16-4(3-29-15)12(24)25/h4-11,13-14,16-23H,1-3H2,(H,24,25)/t4-,5+,6+,7+,8-,9-,10-,11-,13+,14-,15+/m0/s1. The van der Waals surface area contributed by atoms with E-state index in [2.05, 4.69) is 5.32 Å². The Bertz CT molecular complexity index is 598. The Kier molecular flexibility index (Phi) is 7.04. The zero-order chi connectivity index (χ0) is 21.5. The van der Waals surface area contributed by atoms with E-state index >= 15 is 0 Å². The molecule has 0 bridgehead atoms. The summed E-state index contributed by atoms with van der Waals surface area (Å²) >= 11 is 0.914. The molecule has 0 aromatic carbocycles. The molecule has 3 aliphatic rings. The average Bonchev–Trinajstić information content (AvgIpc) is 3.15. The lowest BCUT2D eigenvalue weighted by Crippen LogP contribution is -2.72.